The zero-order valence-corrected chi connectivity index (χ0v) is 13.9. The Morgan fingerprint density at radius 3 is 2.54 bits per heavy atom. The normalized spacial score (nSPS) is 17.5. The molecule has 0 aliphatic carbocycles. The van der Waals surface area contributed by atoms with Gasteiger partial charge >= 0.3 is 0 Å². The van der Waals surface area contributed by atoms with Gasteiger partial charge in [-0.1, -0.05) is 12.1 Å². The Morgan fingerprint density at radius 1 is 1.21 bits per heavy atom. The van der Waals surface area contributed by atoms with Crippen molar-refractivity contribution in [2.45, 2.75) is 26.1 Å². The van der Waals surface area contributed by atoms with Crippen LogP contribution in [0.25, 0.3) is 0 Å². The van der Waals surface area contributed by atoms with Crippen molar-refractivity contribution in [2.24, 2.45) is 0 Å². The van der Waals surface area contributed by atoms with Crippen LogP contribution in [0.1, 0.15) is 24.2 Å². The third-order valence-electron chi connectivity index (χ3n) is 4.60. The number of hydrogen-bond acceptors (Lipinski definition) is 4. The maximum Gasteiger partial charge on any atom is 0.123 e. The first-order valence-corrected chi connectivity index (χ1v) is 8.31. The second-order valence-electron chi connectivity index (χ2n) is 6.07. The number of piperazine rings is 1. The van der Waals surface area contributed by atoms with Crippen LogP contribution in [0.15, 0.2) is 36.8 Å². The van der Waals surface area contributed by atoms with E-state index in [2.05, 4.69) is 32.3 Å². The van der Waals surface area contributed by atoms with E-state index in [1.807, 2.05) is 12.5 Å². The van der Waals surface area contributed by atoms with E-state index in [1.165, 1.54) is 17.8 Å². The molecule has 6 heteroatoms. The molecule has 2 aromatic rings. The number of hydrogen-bond donors (Lipinski definition) is 0. The monoisotopic (exact) mass is 327 g/mol. The maximum absolute atomic E-state index is 13.1. The Kier molecular flexibility index (Phi) is 5.24. The van der Waals surface area contributed by atoms with Gasteiger partial charge in [-0.2, -0.15) is 5.26 Å². The molecule has 0 N–H and O–H groups in total. The summed E-state index contributed by atoms with van der Waals surface area (Å²) in [6.07, 6.45) is 3.79. The van der Waals surface area contributed by atoms with Gasteiger partial charge in [-0.25, -0.2) is 9.37 Å². The van der Waals surface area contributed by atoms with Crippen LogP contribution in [0.4, 0.5) is 4.39 Å². The van der Waals surface area contributed by atoms with Crippen molar-refractivity contribution in [3.05, 3.63) is 53.9 Å². The summed E-state index contributed by atoms with van der Waals surface area (Å²) in [7, 11) is 0. The second-order valence-corrected chi connectivity index (χ2v) is 6.07. The second kappa shape index (κ2) is 7.56. The van der Waals surface area contributed by atoms with E-state index < -0.39 is 0 Å². The SMILES string of the molecule is CCn1cncc1CN1CCN(C(C#N)c2ccc(F)cc2)CC1. The number of aryl methyl sites for hydroxylation is 1. The topological polar surface area (TPSA) is 48.1 Å². The smallest absolute Gasteiger partial charge is 0.123 e. The molecule has 1 saturated heterocycles. The minimum atomic E-state index is -0.311. The summed E-state index contributed by atoms with van der Waals surface area (Å²) in [5.41, 5.74) is 2.08. The largest absolute Gasteiger partial charge is 0.334 e. The summed E-state index contributed by atoms with van der Waals surface area (Å²) in [6.45, 7) is 7.41. The number of nitriles is 1. The summed E-state index contributed by atoms with van der Waals surface area (Å²) in [5.74, 6) is -0.271. The molecule has 1 aromatic heterocycles. The zero-order valence-electron chi connectivity index (χ0n) is 13.9. The fourth-order valence-electron chi connectivity index (χ4n) is 3.19. The van der Waals surface area contributed by atoms with E-state index in [4.69, 9.17) is 0 Å². The predicted octanol–water partition coefficient (Wildman–Crippen LogP) is 2.42. The van der Waals surface area contributed by atoms with Gasteiger partial charge in [0.1, 0.15) is 11.9 Å². The Labute approximate surface area is 141 Å². The molecule has 1 aromatic carbocycles. The Balaban J connectivity index is 1.59. The lowest BCUT2D eigenvalue weighted by Gasteiger charge is -2.37. The van der Waals surface area contributed by atoms with Crippen molar-refractivity contribution in [3.8, 4) is 6.07 Å². The molecule has 5 nitrogen and oxygen atoms in total. The van der Waals surface area contributed by atoms with Crippen LogP contribution in [-0.2, 0) is 13.1 Å². The summed E-state index contributed by atoms with van der Waals surface area (Å²) in [5, 5.41) is 9.53. The van der Waals surface area contributed by atoms with Crippen LogP contribution < -0.4 is 0 Å². The molecule has 3 rings (SSSR count). The maximum atomic E-state index is 13.1. The van der Waals surface area contributed by atoms with Gasteiger partial charge in [0.25, 0.3) is 0 Å². The molecule has 1 aliphatic heterocycles. The molecule has 24 heavy (non-hydrogen) atoms. The first kappa shape index (κ1) is 16.6. The minimum Gasteiger partial charge on any atom is -0.334 e. The predicted molar refractivity (Wildman–Crippen MR) is 89.5 cm³/mol. The van der Waals surface area contributed by atoms with Crippen molar-refractivity contribution in [3.63, 3.8) is 0 Å². The van der Waals surface area contributed by atoms with E-state index in [0.29, 0.717) is 0 Å². The lowest BCUT2D eigenvalue weighted by molar-refractivity contribution is 0.107. The summed E-state index contributed by atoms with van der Waals surface area (Å²) >= 11 is 0. The molecule has 1 fully saturated rings. The quantitative estimate of drug-likeness (QED) is 0.846. The van der Waals surface area contributed by atoms with Gasteiger partial charge in [0.05, 0.1) is 18.1 Å². The molecule has 0 bridgehead atoms. The van der Waals surface area contributed by atoms with Gasteiger partial charge in [0, 0.05) is 45.5 Å². The van der Waals surface area contributed by atoms with Gasteiger partial charge < -0.3 is 4.57 Å². The number of benzene rings is 1. The summed E-state index contributed by atoms with van der Waals surface area (Å²) < 4.78 is 15.2. The Bertz CT molecular complexity index is 695. The lowest BCUT2D eigenvalue weighted by Crippen LogP contribution is -2.47. The lowest BCUT2D eigenvalue weighted by atomic mass is 10.1. The number of nitrogens with zero attached hydrogens (tertiary/aromatic N) is 5. The zero-order chi connectivity index (χ0) is 16.9. The first-order valence-electron chi connectivity index (χ1n) is 8.31. The van der Waals surface area contributed by atoms with E-state index in [1.54, 1.807) is 12.1 Å². The Hall–Kier alpha value is -2.23. The van der Waals surface area contributed by atoms with Crippen LogP contribution in [0.5, 0.6) is 0 Å². The highest BCUT2D eigenvalue weighted by Crippen LogP contribution is 2.22. The molecule has 2 heterocycles. The molecule has 1 unspecified atom stereocenters. The van der Waals surface area contributed by atoms with Crippen molar-refractivity contribution in [2.75, 3.05) is 26.2 Å². The number of imidazole rings is 1. The fourth-order valence-corrected chi connectivity index (χ4v) is 3.19. The van der Waals surface area contributed by atoms with Crippen molar-refractivity contribution in [1.29, 1.82) is 5.26 Å². The van der Waals surface area contributed by atoms with E-state index in [0.717, 1.165) is 44.8 Å². The fraction of sp³-hybridized carbons (Fsp3) is 0.444. The number of aromatic nitrogens is 2. The standard InChI is InChI=1S/C18H22FN5/c1-2-23-14-21-12-17(23)13-22-7-9-24(10-8-22)18(11-20)15-3-5-16(19)6-4-15/h3-6,12,14,18H,2,7-10,13H2,1H3. The van der Waals surface area contributed by atoms with Crippen LogP contribution in [0.2, 0.25) is 0 Å². The van der Waals surface area contributed by atoms with Gasteiger partial charge in [0.15, 0.2) is 0 Å². The van der Waals surface area contributed by atoms with E-state index in [-0.39, 0.29) is 11.9 Å². The average Bonchev–Trinajstić information content (AvgIpc) is 3.06. The minimum absolute atomic E-state index is 0.271. The van der Waals surface area contributed by atoms with Gasteiger partial charge in [-0.05, 0) is 24.6 Å². The molecule has 0 saturated carbocycles. The highest BCUT2D eigenvalue weighted by molar-refractivity contribution is 5.25. The highest BCUT2D eigenvalue weighted by atomic mass is 19.1. The molecule has 1 atom stereocenters. The number of rotatable bonds is 5. The molecule has 126 valence electrons. The van der Waals surface area contributed by atoms with Crippen molar-refractivity contribution in [1.82, 2.24) is 19.4 Å². The van der Waals surface area contributed by atoms with Crippen LogP contribution in [-0.4, -0.2) is 45.5 Å². The van der Waals surface area contributed by atoms with E-state index in [9.17, 15) is 9.65 Å². The highest BCUT2D eigenvalue weighted by Gasteiger charge is 2.25. The molecule has 0 amide bonds. The molecule has 1 aliphatic rings. The summed E-state index contributed by atoms with van der Waals surface area (Å²) in [4.78, 5) is 8.77. The molecular formula is C18H22FN5. The molecule has 0 spiro atoms. The average molecular weight is 327 g/mol. The van der Waals surface area contributed by atoms with Gasteiger partial charge in [-0.15, -0.1) is 0 Å². The van der Waals surface area contributed by atoms with Crippen molar-refractivity contribution < 1.29 is 4.39 Å². The molecule has 0 radical (unpaired) electrons. The van der Waals surface area contributed by atoms with Crippen LogP contribution in [0.3, 0.4) is 0 Å². The van der Waals surface area contributed by atoms with Gasteiger partial charge in [0.2, 0.25) is 0 Å². The Morgan fingerprint density at radius 2 is 1.92 bits per heavy atom. The molecular weight excluding hydrogens is 305 g/mol. The third-order valence-corrected chi connectivity index (χ3v) is 4.60. The van der Waals surface area contributed by atoms with Crippen LogP contribution in [0, 0.1) is 17.1 Å². The first-order chi connectivity index (χ1) is 11.7. The van der Waals surface area contributed by atoms with Crippen LogP contribution >= 0.6 is 0 Å². The third kappa shape index (κ3) is 3.64. The van der Waals surface area contributed by atoms with Crippen molar-refractivity contribution >= 4 is 0 Å². The van der Waals surface area contributed by atoms with Gasteiger partial charge in [-0.3, -0.25) is 9.80 Å². The van der Waals surface area contributed by atoms with E-state index >= 15 is 0 Å². The number of halogens is 1. The summed E-state index contributed by atoms with van der Waals surface area (Å²) in [6, 6.07) is 8.29.